The minimum atomic E-state index is -0.981. The van der Waals surface area contributed by atoms with E-state index in [1.54, 1.807) is 24.3 Å². The fourth-order valence-electron chi connectivity index (χ4n) is 1.12. The molecule has 19 heavy (non-hydrogen) atoms. The zero-order valence-electron chi connectivity index (χ0n) is 9.55. The number of hydrogen-bond acceptors (Lipinski definition) is 3. The van der Waals surface area contributed by atoms with Crippen LogP contribution < -0.4 is 0 Å². The van der Waals surface area contributed by atoms with E-state index in [1.807, 2.05) is 51.2 Å². The average molecular weight is 484 g/mol. The molecule has 0 fully saturated rings. The predicted octanol–water partition coefficient (Wildman–Crippen LogP) is 3.69. The summed E-state index contributed by atoms with van der Waals surface area (Å²) in [5, 5.41) is 26.6. The number of carbonyl (C=O) groups is 1. The highest BCUT2D eigenvalue weighted by atomic mass is 127. The molecule has 0 saturated heterocycles. The van der Waals surface area contributed by atoms with Gasteiger partial charge in [-0.25, -0.2) is 4.79 Å². The first kappa shape index (κ1) is 16.0. The fourth-order valence-corrected chi connectivity index (χ4v) is 2.89. The summed E-state index contributed by atoms with van der Waals surface area (Å²) in [6, 6.07) is 11.6. The number of rotatable bonds is 1. The summed E-state index contributed by atoms with van der Waals surface area (Å²) in [6.45, 7) is 0. The van der Waals surface area contributed by atoms with Crippen LogP contribution in [0.5, 0.6) is 11.5 Å². The van der Waals surface area contributed by atoms with Gasteiger partial charge in [0, 0.05) is 0 Å². The lowest BCUT2D eigenvalue weighted by atomic mass is 10.2. The molecule has 2 aromatic carbocycles. The highest BCUT2D eigenvalue weighted by molar-refractivity contribution is 14.1. The second kappa shape index (κ2) is 7.53. The third kappa shape index (κ3) is 5.23. The lowest BCUT2D eigenvalue weighted by Gasteiger charge is -2.01. The molecule has 0 aliphatic carbocycles. The van der Waals surface area contributed by atoms with Crippen LogP contribution in [0, 0.1) is 7.14 Å². The predicted molar refractivity (Wildman–Crippen MR) is 88.6 cm³/mol. The Bertz CT molecular complexity index is 547. The van der Waals surface area contributed by atoms with Crippen LogP contribution in [0.4, 0.5) is 0 Å². The Morgan fingerprint density at radius 3 is 1.74 bits per heavy atom. The Kier molecular flexibility index (Phi) is 6.35. The molecule has 4 nitrogen and oxygen atoms in total. The van der Waals surface area contributed by atoms with E-state index in [9.17, 15) is 9.90 Å². The van der Waals surface area contributed by atoms with Gasteiger partial charge in [0.25, 0.3) is 0 Å². The molecule has 0 atom stereocenters. The van der Waals surface area contributed by atoms with Crippen molar-refractivity contribution in [3.8, 4) is 11.5 Å². The number of aromatic carboxylic acids is 1. The van der Waals surface area contributed by atoms with E-state index in [0.29, 0.717) is 12.9 Å². The van der Waals surface area contributed by atoms with Crippen molar-refractivity contribution < 1.29 is 20.1 Å². The summed E-state index contributed by atoms with van der Waals surface area (Å²) in [4.78, 5) is 10.5. The molecule has 2 aromatic rings. The number of para-hydroxylation sites is 1. The number of aromatic hydroxyl groups is 2. The molecule has 0 saturated carbocycles. The van der Waals surface area contributed by atoms with Crippen molar-refractivity contribution in [2.45, 2.75) is 0 Å². The molecule has 0 spiro atoms. The molecule has 0 bridgehead atoms. The molecular weight excluding hydrogens is 474 g/mol. The van der Waals surface area contributed by atoms with Crippen molar-refractivity contribution in [3.63, 3.8) is 0 Å². The Hall–Kier alpha value is -1.03. The van der Waals surface area contributed by atoms with Gasteiger partial charge in [0.1, 0.15) is 11.5 Å². The lowest BCUT2D eigenvalue weighted by Crippen LogP contribution is -1.97. The maximum Gasteiger partial charge on any atom is 0.335 e. The summed E-state index contributed by atoms with van der Waals surface area (Å²) in [7, 11) is 0. The fraction of sp³-hybridized carbons (Fsp3) is 0. The summed E-state index contributed by atoms with van der Waals surface area (Å²) in [5.74, 6) is -0.519. The standard InChI is InChI=1S/C7H4I2O3.C6H6O/c8-4-1-3(7(11)12)2-5(9)6(4)10;7-6-4-2-1-3-5-6/h1-2,10H,(H,11,12);1-5,7H. The van der Waals surface area contributed by atoms with Gasteiger partial charge in [-0.05, 0) is 69.4 Å². The second-order valence-electron chi connectivity index (χ2n) is 3.43. The number of benzene rings is 2. The van der Waals surface area contributed by atoms with Crippen LogP contribution >= 0.6 is 45.2 Å². The van der Waals surface area contributed by atoms with Gasteiger partial charge < -0.3 is 15.3 Å². The van der Waals surface area contributed by atoms with E-state index in [-0.39, 0.29) is 11.3 Å². The van der Waals surface area contributed by atoms with Crippen molar-refractivity contribution in [1.29, 1.82) is 0 Å². The molecule has 0 aromatic heterocycles. The molecule has 6 heteroatoms. The first-order valence-corrected chi connectivity index (χ1v) is 7.23. The zero-order valence-corrected chi connectivity index (χ0v) is 13.9. The van der Waals surface area contributed by atoms with Crippen LogP contribution in [0.25, 0.3) is 0 Å². The minimum Gasteiger partial charge on any atom is -0.508 e. The number of carboxylic acids is 1. The summed E-state index contributed by atoms with van der Waals surface area (Å²) in [6.07, 6.45) is 0. The Balaban J connectivity index is 0.000000218. The minimum absolute atomic E-state index is 0.140. The van der Waals surface area contributed by atoms with Crippen LogP contribution in [0.1, 0.15) is 10.4 Å². The highest BCUT2D eigenvalue weighted by Crippen LogP contribution is 2.27. The van der Waals surface area contributed by atoms with Gasteiger partial charge >= 0.3 is 5.97 Å². The van der Waals surface area contributed by atoms with E-state index in [4.69, 9.17) is 10.2 Å². The van der Waals surface area contributed by atoms with Crippen molar-refractivity contribution in [1.82, 2.24) is 0 Å². The third-order valence-corrected chi connectivity index (χ3v) is 3.66. The Morgan fingerprint density at radius 1 is 0.947 bits per heavy atom. The monoisotopic (exact) mass is 484 g/mol. The Morgan fingerprint density at radius 2 is 1.42 bits per heavy atom. The van der Waals surface area contributed by atoms with Crippen molar-refractivity contribution in [3.05, 3.63) is 55.2 Å². The molecule has 0 heterocycles. The van der Waals surface area contributed by atoms with Gasteiger partial charge in [-0.15, -0.1) is 0 Å². The molecule has 0 unspecified atom stereocenters. The normalized spacial score (nSPS) is 9.37. The topological polar surface area (TPSA) is 77.8 Å². The summed E-state index contributed by atoms with van der Waals surface area (Å²) < 4.78 is 1.11. The van der Waals surface area contributed by atoms with Crippen LogP contribution in [0.2, 0.25) is 0 Å². The molecule has 2 rings (SSSR count). The maximum atomic E-state index is 10.5. The van der Waals surface area contributed by atoms with E-state index < -0.39 is 5.97 Å². The third-order valence-electron chi connectivity index (χ3n) is 2.02. The molecular formula is C13H10I2O4. The van der Waals surface area contributed by atoms with E-state index in [0.717, 1.165) is 0 Å². The van der Waals surface area contributed by atoms with Gasteiger partial charge in [0.15, 0.2) is 0 Å². The largest absolute Gasteiger partial charge is 0.508 e. The maximum absolute atomic E-state index is 10.5. The molecule has 100 valence electrons. The van der Waals surface area contributed by atoms with Crippen molar-refractivity contribution >= 4 is 51.2 Å². The van der Waals surface area contributed by atoms with Gasteiger partial charge in [-0.1, -0.05) is 18.2 Å². The summed E-state index contributed by atoms with van der Waals surface area (Å²) >= 11 is 3.78. The molecule has 0 aliphatic rings. The van der Waals surface area contributed by atoms with E-state index in [2.05, 4.69) is 0 Å². The van der Waals surface area contributed by atoms with E-state index >= 15 is 0 Å². The number of phenolic OH excluding ortho intramolecular Hbond substituents is 2. The number of phenols is 2. The van der Waals surface area contributed by atoms with Gasteiger partial charge in [0.2, 0.25) is 0 Å². The van der Waals surface area contributed by atoms with Crippen LogP contribution in [0.3, 0.4) is 0 Å². The summed E-state index contributed by atoms with van der Waals surface area (Å²) in [5.41, 5.74) is 0.196. The van der Waals surface area contributed by atoms with Crippen LogP contribution in [-0.4, -0.2) is 21.3 Å². The molecule has 0 amide bonds. The zero-order chi connectivity index (χ0) is 14.4. The number of hydrogen-bond donors (Lipinski definition) is 3. The Labute approximate surface area is 137 Å². The SMILES string of the molecule is O=C(O)c1cc(I)c(O)c(I)c1.Oc1ccccc1. The average Bonchev–Trinajstić information content (AvgIpc) is 2.37. The molecule has 0 aliphatic heterocycles. The lowest BCUT2D eigenvalue weighted by molar-refractivity contribution is 0.0696. The van der Waals surface area contributed by atoms with Crippen LogP contribution in [0.15, 0.2) is 42.5 Å². The number of carboxylic acid groups (broad SMARTS) is 1. The first-order valence-electron chi connectivity index (χ1n) is 5.07. The quantitative estimate of drug-likeness (QED) is 0.540. The number of halogens is 2. The van der Waals surface area contributed by atoms with Gasteiger partial charge in [0.05, 0.1) is 12.7 Å². The highest BCUT2D eigenvalue weighted by Gasteiger charge is 2.09. The van der Waals surface area contributed by atoms with Gasteiger partial charge in [-0.3, -0.25) is 0 Å². The molecule has 0 radical (unpaired) electrons. The smallest absolute Gasteiger partial charge is 0.335 e. The van der Waals surface area contributed by atoms with Crippen molar-refractivity contribution in [2.75, 3.05) is 0 Å². The van der Waals surface area contributed by atoms with Crippen LogP contribution in [-0.2, 0) is 0 Å². The molecule has 3 N–H and O–H groups in total. The second-order valence-corrected chi connectivity index (χ2v) is 5.75. The van der Waals surface area contributed by atoms with E-state index in [1.165, 1.54) is 12.1 Å². The first-order chi connectivity index (χ1) is 8.91. The van der Waals surface area contributed by atoms with Gasteiger partial charge in [-0.2, -0.15) is 0 Å². The van der Waals surface area contributed by atoms with Crippen molar-refractivity contribution in [2.24, 2.45) is 0 Å².